The Kier molecular flexibility index (Phi) is 6.40. The fourth-order valence-electron chi connectivity index (χ4n) is 5.68. The highest BCUT2D eigenvalue weighted by atomic mass is 35.5. The Balaban J connectivity index is 1.52. The smallest absolute Gasteiger partial charge is 0.0450 e. The molecule has 3 aliphatic heterocycles. The van der Waals surface area contributed by atoms with Crippen LogP contribution in [-0.2, 0) is 6.54 Å². The minimum Gasteiger partial charge on any atom is -0.308 e. The van der Waals surface area contributed by atoms with Gasteiger partial charge in [-0.05, 0) is 61.0 Å². The van der Waals surface area contributed by atoms with Gasteiger partial charge in [-0.15, -0.1) is 0 Å². The van der Waals surface area contributed by atoms with Crippen molar-refractivity contribution < 1.29 is 0 Å². The van der Waals surface area contributed by atoms with Crippen LogP contribution in [0.4, 0.5) is 0 Å². The average molecular weight is 431 g/mol. The van der Waals surface area contributed by atoms with Crippen molar-refractivity contribution in [2.45, 2.75) is 43.8 Å². The zero-order chi connectivity index (χ0) is 21.0. The Labute approximate surface area is 191 Å². The lowest BCUT2D eigenvalue weighted by molar-refractivity contribution is 0.143. The van der Waals surface area contributed by atoms with Crippen LogP contribution in [0.1, 0.15) is 41.9 Å². The zero-order valence-corrected chi connectivity index (χ0v) is 18.7. The number of rotatable bonds is 6. The van der Waals surface area contributed by atoms with E-state index in [0.29, 0.717) is 18.0 Å². The second kappa shape index (κ2) is 9.56. The van der Waals surface area contributed by atoms with E-state index in [2.05, 4.69) is 83.0 Å². The summed E-state index contributed by atoms with van der Waals surface area (Å²) in [6.07, 6.45) is 3.87. The fourth-order valence-corrected chi connectivity index (χ4v) is 5.88. The van der Waals surface area contributed by atoms with Crippen LogP contribution in [0.25, 0.3) is 0 Å². The van der Waals surface area contributed by atoms with Crippen molar-refractivity contribution >= 4 is 11.6 Å². The van der Waals surface area contributed by atoms with E-state index < -0.39 is 0 Å². The number of fused-ring (bicyclic) bond motifs is 4. The van der Waals surface area contributed by atoms with E-state index in [1.807, 2.05) is 12.1 Å². The van der Waals surface area contributed by atoms with Crippen LogP contribution in [-0.4, -0.2) is 30.1 Å². The maximum Gasteiger partial charge on any atom is 0.0450 e. The predicted octanol–water partition coefficient (Wildman–Crippen LogP) is 6.11. The van der Waals surface area contributed by atoms with Gasteiger partial charge in [0.1, 0.15) is 0 Å². The van der Waals surface area contributed by atoms with Gasteiger partial charge in [0.15, 0.2) is 0 Å². The van der Waals surface area contributed by atoms with Gasteiger partial charge in [-0.25, -0.2) is 0 Å². The summed E-state index contributed by atoms with van der Waals surface area (Å²) >= 11 is 6.48. The normalized spacial score (nSPS) is 25.5. The van der Waals surface area contributed by atoms with E-state index in [1.54, 1.807) is 0 Å². The summed E-state index contributed by atoms with van der Waals surface area (Å²) in [6.45, 7) is 3.23. The van der Waals surface area contributed by atoms with Gasteiger partial charge in [0.25, 0.3) is 0 Å². The summed E-state index contributed by atoms with van der Waals surface area (Å²) in [5.74, 6) is 1.17. The van der Waals surface area contributed by atoms with Gasteiger partial charge < -0.3 is 5.32 Å². The van der Waals surface area contributed by atoms with Crippen LogP contribution < -0.4 is 5.32 Å². The number of nitrogens with zero attached hydrogens (tertiary/aromatic N) is 1. The number of piperidine rings is 1. The maximum atomic E-state index is 6.48. The molecule has 3 heterocycles. The summed E-state index contributed by atoms with van der Waals surface area (Å²) in [4.78, 5) is 2.76. The number of hydrogen-bond donors (Lipinski definition) is 1. The molecule has 0 radical (unpaired) electrons. The van der Waals surface area contributed by atoms with Crippen LogP contribution in [0.15, 0.2) is 84.9 Å². The van der Waals surface area contributed by atoms with Crippen molar-refractivity contribution in [2.24, 2.45) is 5.92 Å². The molecule has 31 heavy (non-hydrogen) atoms. The van der Waals surface area contributed by atoms with E-state index in [1.165, 1.54) is 49.0 Å². The highest BCUT2D eigenvalue weighted by Gasteiger charge is 2.41. The van der Waals surface area contributed by atoms with Crippen LogP contribution in [0.2, 0.25) is 5.02 Å². The Bertz CT molecular complexity index is 927. The van der Waals surface area contributed by atoms with E-state index in [4.69, 9.17) is 11.6 Å². The van der Waals surface area contributed by atoms with Crippen molar-refractivity contribution in [3.8, 4) is 0 Å². The first-order valence-corrected chi connectivity index (χ1v) is 12.0. The molecule has 2 unspecified atom stereocenters. The highest BCUT2D eigenvalue weighted by molar-refractivity contribution is 6.31. The zero-order valence-electron chi connectivity index (χ0n) is 18.0. The van der Waals surface area contributed by atoms with Crippen LogP contribution in [0.3, 0.4) is 0 Å². The molecule has 3 saturated heterocycles. The summed E-state index contributed by atoms with van der Waals surface area (Å²) in [5, 5.41) is 4.82. The lowest BCUT2D eigenvalue weighted by Crippen LogP contribution is -2.51. The standard InChI is InChI=1S/C28H31ClN2/c29-25-14-8-7-13-24(25)20-30-26-19-21-15-17-31(18-16-21)28(26)27(22-9-3-1-4-10-22)23-11-5-2-6-12-23/h1-14,21,26-28,30H,15-20H2. The van der Waals surface area contributed by atoms with E-state index in [-0.39, 0.29) is 0 Å². The SMILES string of the molecule is Clc1ccccc1CNC1CC2CCN(CC2)C1C(c1ccccc1)c1ccccc1. The number of halogens is 1. The van der Waals surface area contributed by atoms with Crippen LogP contribution in [0.5, 0.6) is 0 Å². The Morgan fingerprint density at radius 1 is 0.806 bits per heavy atom. The van der Waals surface area contributed by atoms with Crippen molar-refractivity contribution in [1.82, 2.24) is 10.2 Å². The first-order chi connectivity index (χ1) is 15.3. The lowest BCUT2D eigenvalue weighted by Gasteiger charge is -2.41. The second-order valence-electron chi connectivity index (χ2n) is 9.08. The number of hydrogen-bond acceptors (Lipinski definition) is 2. The fraction of sp³-hybridized carbons (Fsp3) is 0.357. The molecule has 0 amide bonds. The average Bonchev–Trinajstić information content (AvgIpc) is 3.10. The van der Waals surface area contributed by atoms with Gasteiger partial charge in [-0.1, -0.05) is 90.5 Å². The molecule has 3 aliphatic rings. The first-order valence-electron chi connectivity index (χ1n) is 11.6. The Morgan fingerprint density at radius 2 is 1.39 bits per heavy atom. The topological polar surface area (TPSA) is 15.3 Å². The number of nitrogens with one attached hydrogen (secondary N) is 1. The third-order valence-corrected chi connectivity index (χ3v) is 7.61. The van der Waals surface area contributed by atoms with Crippen molar-refractivity contribution in [2.75, 3.05) is 13.1 Å². The van der Waals surface area contributed by atoms with Gasteiger partial charge in [0.05, 0.1) is 0 Å². The third-order valence-electron chi connectivity index (χ3n) is 7.24. The second-order valence-corrected chi connectivity index (χ2v) is 9.49. The molecule has 0 aromatic heterocycles. The van der Waals surface area contributed by atoms with E-state index in [0.717, 1.165) is 17.5 Å². The summed E-state index contributed by atoms with van der Waals surface area (Å²) < 4.78 is 0. The Hall–Kier alpha value is -2.13. The lowest BCUT2D eigenvalue weighted by atomic mass is 9.80. The Morgan fingerprint density at radius 3 is 2.00 bits per heavy atom. The van der Waals surface area contributed by atoms with Gasteiger partial charge in [-0.3, -0.25) is 4.90 Å². The molecule has 1 N–H and O–H groups in total. The van der Waals surface area contributed by atoms with Crippen molar-refractivity contribution in [3.63, 3.8) is 0 Å². The molecule has 2 bridgehead atoms. The molecule has 0 aliphatic carbocycles. The van der Waals surface area contributed by atoms with Crippen LogP contribution >= 0.6 is 11.6 Å². The van der Waals surface area contributed by atoms with Crippen molar-refractivity contribution in [1.29, 1.82) is 0 Å². The van der Waals surface area contributed by atoms with Crippen LogP contribution in [0, 0.1) is 5.92 Å². The summed E-state index contributed by atoms with van der Waals surface area (Å²) in [7, 11) is 0. The monoisotopic (exact) mass is 430 g/mol. The van der Waals surface area contributed by atoms with E-state index >= 15 is 0 Å². The predicted molar refractivity (Wildman–Crippen MR) is 130 cm³/mol. The largest absolute Gasteiger partial charge is 0.308 e. The molecule has 2 nitrogen and oxygen atoms in total. The minimum absolute atomic E-state index is 0.350. The molecule has 160 valence electrons. The molecule has 3 aromatic rings. The van der Waals surface area contributed by atoms with E-state index in [9.17, 15) is 0 Å². The van der Waals surface area contributed by atoms with Crippen molar-refractivity contribution in [3.05, 3.63) is 107 Å². The highest BCUT2D eigenvalue weighted by Crippen LogP contribution is 2.40. The van der Waals surface area contributed by atoms with Gasteiger partial charge >= 0.3 is 0 Å². The molecule has 3 aromatic carbocycles. The van der Waals surface area contributed by atoms with Gasteiger partial charge in [-0.2, -0.15) is 0 Å². The molecule has 3 heteroatoms. The first kappa shape index (κ1) is 20.8. The number of benzene rings is 3. The molecule has 6 rings (SSSR count). The summed E-state index contributed by atoms with van der Waals surface area (Å²) in [6, 6.07) is 31.3. The molecular formula is C28H31ClN2. The molecule has 0 spiro atoms. The molecule has 3 fully saturated rings. The third kappa shape index (κ3) is 4.57. The summed E-state index contributed by atoms with van der Waals surface area (Å²) in [5.41, 5.74) is 4.01. The molecule has 2 atom stereocenters. The molecule has 0 saturated carbocycles. The quantitative estimate of drug-likeness (QED) is 0.507. The molecular weight excluding hydrogens is 400 g/mol. The van der Waals surface area contributed by atoms with Gasteiger partial charge in [0, 0.05) is 29.6 Å². The van der Waals surface area contributed by atoms with Gasteiger partial charge in [0.2, 0.25) is 0 Å². The minimum atomic E-state index is 0.350. The maximum absolute atomic E-state index is 6.48.